The minimum atomic E-state index is -0.447. The number of nitrogens with zero attached hydrogens (tertiary/aromatic N) is 3. The minimum Gasteiger partial charge on any atom is -0.309 e. The van der Waals surface area contributed by atoms with Crippen LogP contribution in [0.5, 0.6) is 0 Å². The molecule has 1 unspecified atom stereocenters. The average Bonchev–Trinajstić information content (AvgIpc) is 3.13. The van der Waals surface area contributed by atoms with E-state index in [4.69, 9.17) is 0 Å². The van der Waals surface area contributed by atoms with Crippen LogP contribution in [-0.2, 0) is 0 Å². The summed E-state index contributed by atoms with van der Waals surface area (Å²) in [7, 11) is 6.09. The lowest BCUT2D eigenvalue weighted by molar-refractivity contribution is 0.264. The van der Waals surface area contributed by atoms with Crippen LogP contribution in [-0.4, -0.2) is 47.5 Å². The van der Waals surface area contributed by atoms with Crippen molar-refractivity contribution in [3.8, 4) is 0 Å². The van der Waals surface area contributed by atoms with Crippen LogP contribution in [0.2, 0.25) is 0 Å². The van der Waals surface area contributed by atoms with E-state index in [0.717, 1.165) is 37.8 Å². The molecule has 0 saturated heterocycles. The van der Waals surface area contributed by atoms with Crippen molar-refractivity contribution in [2.24, 2.45) is 5.10 Å². The molecule has 1 atom stereocenters. The fourth-order valence-electron chi connectivity index (χ4n) is 3.94. The Labute approximate surface area is 188 Å². The Bertz CT molecular complexity index is 933. The summed E-state index contributed by atoms with van der Waals surface area (Å²) in [6, 6.07) is 3.51. The number of rotatable bonds is 5. The highest BCUT2D eigenvalue weighted by atomic mass is 32.2. The molecule has 1 spiro atoms. The van der Waals surface area contributed by atoms with Gasteiger partial charge in [0.25, 0.3) is 0 Å². The van der Waals surface area contributed by atoms with Crippen molar-refractivity contribution in [2.45, 2.75) is 37.0 Å². The van der Waals surface area contributed by atoms with Gasteiger partial charge in [0.05, 0.1) is 0 Å². The maximum atomic E-state index is 14.1. The highest BCUT2D eigenvalue weighted by molar-refractivity contribution is 8.16. The molecule has 0 fully saturated rings. The lowest BCUT2D eigenvalue weighted by Crippen LogP contribution is -2.36. The average molecular weight is 444 g/mol. The molecule has 166 valence electrons. The van der Waals surface area contributed by atoms with E-state index in [-0.39, 0.29) is 10.4 Å². The molecule has 2 aliphatic carbocycles. The fourth-order valence-corrected chi connectivity index (χ4v) is 5.37. The Kier molecular flexibility index (Phi) is 7.89. The third-order valence-corrected chi connectivity index (χ3v) is 7.10. The number of hydrazone groups is 1. The second-order valence-corrected chi connectivity index (χ2v) is 9.42. The zero-order valence-electron chi connectivity index (χ0n) is 18.6. The SMILES string of the molecule is C=CCCCN(C)C.CN1N=C(c2cc(F)ccc2F)SC12CCC1=C2C=CCC=C1. The van der Waals surface area contributed by atoms with Crippen LogP contribution < -0.4 is 0 Å². The Morgan fingerprint density at radius 3 is 2.77 bits per heavy atom. The van der Waals surface area contributed by atoms with Crippen LogP contribution in [0.3, 0.4) is 0 Å². The highest BCUT2D eigenvalue weighted by Gasteiger charge is 2.48. The third-order valence-electron chi connectivity index (χ3n) is 5.58. The van der Waals surface area contributed by atoms with Crippen molar-refractivity contribution in [1.29, 1.82) is 0 Å². The summed E-state index contributed by atoms with van der Waals surface area (Å²) in [5.41, 5.74) is 2.78. The first kappa shape index (κ1) is 23.5. The molecule has 1 aromatic rings. The van der Waals surface area contributed by atoms with Gasteiger partial charge in [0.2, 0.25) is 0 Å². The first-order valence-corrected chi connectivity index (χ1v) is 11.5. The predicted octanol–water partition coefficient (Wildman–Crippen LogP) is 6.12. The number of fused-ring (bicyclic) bond motifs is 1. The van der Waals surface area contributed by atoms with Crippen LogP contribution in [0.15, 0.2) is 71.4 Å². The van der Waals surface area contributed by atoms with E-state index in [9.17, 15) is 8.78 Å². The predicted molar refractivity (Wildman–Crippen MR) is 128 cm³/mol. The molecule has 3 aliphatic rings. The Morgan fingerprint density at radius 2 is 2.03 bits per heavy atom. The first-order chi connectivity index (χ1) is 14.9. The Morgan fingerprint density at radius 1 is 1.26 bits per heavy atom. The number of hydrogen-bond donors (Lipinski definition) is 0. The van der Waals surface area contributed by atoms with Gasteiger partial charge < -0.3 is 4.90 Å². The molecule has 0 aromatic heterocycles. The number of benzene rings is 1. The van der Waals surface area contributed by atoms with Gasteiger partial charge in [-0.1, -0.05) is 42.1 Å². The summed E-state index contributed by atoms with van der Waals surface area (Å²) in [5.74, 6) is -0.886. The Balaban J connectivity index is 0.000000293. The third kappa shape index (κ3) is 5.36. The molecule has 0 bridgehead atoms. The van der Waals surface area contributed by atoms with Crippen LogP contribution in [0.4, 0.5) is 8.78 Å². The molecular formula is C25H31F2N3S. The summed E-state index contributed by atoms with van der Waals surface area (Å²) in [6.07, 6.45) is 15.8. The van der Waals surface area contributed by atoms with E-state index in [0.29, 0.717) is 5.04 Å². The van der Waals surface area contributed by atoms with Gasteiger partial charge in [-0.3, -0.25) is 5.01 Å². The molecule has 1 heterocycles. The van der Waals surface area contributed by atoms with Crippen LogP contribution in [0.25, 0.3) is 0 Å². The van der Waals surface area contributed by atoms with Crippen molar-refractivity contribution in [1.82, 2.24) is 9.91 Å². The number of thioether (sulfide) groups is 1. The van der Waals surface area contributed by atoms with Crippen molar-refractivity contribution >= 4 is 16.8 Å². The number of hydrogen-bond acceptors (Lipinski definition) is 4. The second-order valence-electron chi connectivity index (χ2n) is 8.15. The lowest BCUT2D eigenvalue weighted by atomic mass is 10.1. The number of allylic oxidation sites excluding steroid dienone is 5. The first-order valence-electron chi connectivity index (χ1n) is 10.7. The molecule has 0 saturated carbocycles. The molecule has 3 nitrogen and oxygen atoms in total. The van der Waals surface area contributed by atoms with Gasteiger partial charge in [-0.25, -0.2) is 8.78 Å². The molecule has 4 rings (SSSR count). The summed E-state index contributed by atoms with van der Waals surface area (Å²) in [4.78, 5) is 1.87. The van der Waals surface area contributed by atoms with Gasteiger partial charge >= 0.3 is 0 Å². The van der Waals surface area contributed by atoms with Gasteiger partial charge in [0, 0.05) is 12.6 Å². The smallest absolute Gasteiger partial charge is 0.134 e. The maximum Gasteiger partial charge on any atom is 0.134 e. The monoisotopic (exact) mass is 443 g/mol. The molecule has 0 radical (unpaired) electrons. The fraction of sp³-hybridized carbons (Fsp3) is 0.400. The van der Waals surface area contributed by atoms with E-state index in [2.05, 4.69) is 55.0 Å². The topological polar surface area (TPSA) is 18.8 Å². The molecule has 31 heavy (non-hydrogen) atoms. The van der Waals surface area contributed by atoms with E-state index in [1.54, 1.807) is 0 Å². The van der Waals surface area contributed by atoms with Crippen LogP contribution >= 0.6 is 11.8 Å². The van der Waals surface area contributed by atoms with Crippen molar-refractivity contribution in [3.05, 3.63) is 83.5 Å². The Hall–Kier alpha value is -2.18. The zero-order chi connectivity index (χ0) is 22.4. The largest absolute Gasteiger partial charge is 0.309 e. The van der Waals surface area contributed by atoms with Crippen molar-refractivity contribution in [2.75, 3.05) is 27.7 Å². The lowest BCUT2D eigenvalue weighted by Gasteiger charge is -2.32. The van der Waals surface area contributed by atoms with E-state index >= 15 is 0 Å². The minimum absolute atomic E-state index is 0.237. The molecule has 1 aromatic carbocycles. The quantitative estimate of drug-likeness (QED) is 0.403. The highest BCUT2D eigenvalue weighted by Crippen LogP contribution is 2.53. The molecule has 0 amide bonds. The zero-order valence-corrected chi connectivity index (χ0v) is 19.4. The van der Waals surface area contributed by atoms with Gasteiger partial charge in [0.1, 0.15) is 21.5 Å². The molecule has 1 aliphatic heterocycles. The molecule has 6 heteroatoms. The van der Waals surface area contributed by atoms with E-state index in [1.807, 2.05) is 18.1 Å². The van der Waals surface area contributed by atoms with E-state index < -0.39 is 11.6 Å². The van der Waals surface area contributed by atoms with Crippen molar-refractivity contribution < 1.29 is 8.78 Å². The number of unbranched alkanes of at least 4 members (excludes halogenated alkanes) is 1. The van der Waals surface area contributed by atoms with Crippen LogP contribution in [0.1, 0.15) is 37.7 Å². The van der Waals surface area contributed by atoms with E-state index in [1.165, 1.54) is 41.9 Å². The summed E-state index contributed by atoms with van der Waals surface area (Å²) in [5, 5.41) is 6.98. The maximum absolute atomic E-state index is 14.1. The van der Waals surface area contributed by atoms with Gasteiger partial charge in [-0.15, -0.1) is 6.58 Å². The standard InChI is InChI=1S/C18H16F2N2S.C7H15N/c1-22-18(10-9-12-5-3-2-4-6-15(12)18)23-17(21-22)14-11-13(19)7-8-16(14)20;1-4-5-6-7-8(2)3/h3-8,11H,2,9-10H2,1H3;4H,1,5-7H2,2-3H3. The number of likely N-dealkylation sites (N-methyl/N-ethyl adjacent to an activating group) is 1. The normalized spacial score (nSPS) is 21.9. The van der Waals surface area contributed by atoms with Crippen LogP contribution in [0, 0.1) is 11.6 Å². The van der Waals surface area contributed by atoms with Gasteiger partial charge in [0.15, 0.2) is 0 Å². The second kappa shape index (κ2) is 10.4. The van der Waals surface area contributed by atoms with Gasteiger partial charge in [-0.05, 0) is 82.1 Å². The summed E-state index contributed by atoms with van der Waals surface area (Å²) in [6.45, 7) is 4.81. The summed E-state index contributed by atoms with van der Waals surface area (Å²) < 4.78 is 27.6. The van der Waals surface area contributed by atoms with Crippen molar-refractivity contribution in [3.63, 3.8) is 0 Å². The molecule has 0 N–H and O–H groups in total. The number of halogens is 2. The summed E-state index contributed by atoms with van der Waals surface area (Å²) >= 11 is 1.53. The molecular weight excluding hydrogens is 412 g/mol. The van der Waals surface area contributed by atoms with Gasteiger partial charge in [-0.2, -0.15) is 5.10 Å².